The number of anilines is 1. The highest BCUT2D eigenvalue weighted by atomic mass is 32.2. The van der Waals surface area contributed by atoms with E-state index in [9.17, 15) is 14.4 Å². The van der Waals surface area contributed by atoms with Crippen molar-refractivity contribution in [2.24, 2.45) is 4.99 Å². The zero-order valence-corrected chi connectivity index (χ0v) is 23.4. The van der Waals surface area contributed by atoms with Crippen LogP contribution in [0.5, 0.6) is 11.5 Å². The number of methoxy groups -OCH3 is 2. The van der Waals surface area contributed by atoms with Crippen LogP contribution >= 0.6 is 11.8 Å². The summed E-state index contributed by atoms with van der Waals surface area (Å²) >= 11 is 1.24. The maximum Gasteiger partial charge on any atom is 0.338 e. The lowest BCUT2D eigenvalue weighted by Gasteiger charge is -2.32. The van der Waals surface area contributed by atoms with Gasteiger partial charge in [0.15, 0.2) is 5.17 Å². The second-order valence-electron chi connectivity index (χ2n) is 8.83. The molecule has 0 spiro atoms. The highest BCUT2D eigenvalue weighted by Gasteiger charge is 2.35. The van der Waals surface area contributed by atoms with Crippen molar-refractivity contribution in [3.05, 3.63) is 83.9 Å². The minimum Gasteiger partial charge on any atom is -0.497 e. The lowest BCUT2D eigenvalue weighted by Crippen LogP contribution is -2.46. The standard InChI is InChI=1S/C30H31N3O6S/c1-4-39-29(36)21-7-9-23(10-8-21)32-30-33(18-17-20-5-13-24(37-2)14-6-20)27(34)19-26(40-30)28(35)31-22-11-15-25(38-3)16-12-22/h5-16,26H,4,17-19H2,1-3H3,(H,31,35). The monoisotopic (exact) mass is 561 g/mol. The Balaban J connectivity index is 1.54. The Morgan fingerprint density at radius 3 is 2.17 bits per heavy atom. The van der Waals surface area contributed by atoms with Crippen molar-refractivity contribution in [2.45, 2.75) is 25.0 Å². The fourth-order valence-electron chi connectivity index (χ4n) is 3.99. The number of benzene rings is 3. The van der Waals surface area contributed by atoms with Crippen LogP contribution in [0.4, 0.5) is 11.4 Å². The van der Waals surface area contributed by atoms with Gasteiger partial charge in [-0.05, 0) is 79.6 Å². The van der Waals surface area contributed by atoms with Crippen molar-refractivity contribution in [1.29, 1.82) is 0 Å². The second-order valence-corrected chi connectivity index (χ2v) is 10.0. The molecule has 3 aromatic rings. The molecule has 2 amide bonds. The number of amides is 2. The third-order valence-corrected chi connectivity index (χ3v) is 7.36. The first-order chi connectivity index (χ1) is 19.4. The lowest BCUT2D eigenvalue weighted by molar-refractivity contribution is -0.129. The van der Waals surface area contributed by atoms with E-state index in [0.717, 1.165) is 11.3 Å². The predicted octanol–water partition coefficient (Wildman–Crippen LogP) is 5.08. The van der Waals surface area contributed by atoms with Gasteiger partial charge in [0.2, 0.25) is 11.8 Å². The number of carbonyl (C=O) groups is 3. The fraction of sp³-hybridized carbons (Fsp3) is 0.267. The molecule has 40 heavy (non-hydrogen) atoms. The van der Waals surface area contributed by atoms with Crippen molar-refractivity contribution in [2.75, 3.05) is 32.7 Å². The number of carbonyl (C=O) groups excluding carboxylic acids is 3. The number of thioether (sulfide) groups is 1. The van der Waals surface area contributed by atoms with Gasteiger partial charge < -0.3 is 19.5 Å². The Morgan fingerprint density at radius 2 is 1.57 bits per heavy atom. The van der Waals surface area contributed by atoms with E-state index in [4.69, 9.17) is 19.2 Å². The molecule has 1 saturated heterocycles. The quantitative estimate of drug-likeness (QED) is 0.344. The number of amidine groups is 1. The van der Waals surface area contributed by atoms with Crippen LogP contribution in [0.2, 0.25) is 0 Å². The maximum atomic E-state index is 13.3. The van der Waals surface area contributed by atoms with E-state index in [-0.39, 0.29) is 24.8 Å². The molecule has 10 heteroatoms. The van der Waals surface area contributed by atoms with Gasteiger partial charge in [-0.25, -0.2) is 9.79 Å². The Bertz CT molecular complexity index is 1360. The number of aliphatic imine (C=N–C) groups is 1. The zero-order chi connectivity index (χ0) is 28.5. The van der Waals surface area contributed by atoms with E-state index in [2.05, 4.69) is 5.32 Å². The van der Waals surface area contributed by atoms with E-state index >= 15 is 0 Å². The van der Waals surface area contributed by atoms with E-state index in [1.54, 1.807) is 74.6 Å². The van der Waals surface area contributed by atoms with Crippen LogP contribution < -0.4 is 14.8 Å². The molecule has 208 valence electrons. The molecule has 1 atom stereocenters. The topological polar surface area (TPSA) is 107 Å². The number of rotatable bonds is 10. The number of hydrogen-bond acceptors (Lipinski definition) is 8. The van der Waals surface area contributed by atoms with Gasteiger partial charge in [0.25, 0.3) is 0 Å². The summed E-state index contributed by atoms with van der Waals surface area (Å²) in [6.07, 6.45) is 0.635. The van der Waals surface area contributed by atoms with E-state index in [0.29, 0.717) is 40.8 Å². The highest BCUT2D eigenvalue weighted by Crippen LogP contribution is 2.30. The Kier molecular flexibility index (Phi) is 9.80. The van der Waals surface area contributed by atoms with Gasteiger partial charge in [0.05, 0.1) is 32.1 Å². The van der Waals surface area contributed by atoms with Gasteiger partial charge in [-0.1, -0.05) is 23.9 Å². The molecule has 0 aliphatic carbocycles. The summed E-state index contributed by atoms with van der Waals surface area (Å²) in [6, 6.07) is 21.3. The summed E-state index contributed by atoms with van der Waals surface area (Å²) < 4.78 is 15.4. The predicted molar refractivity (Wildman–Crippen MR) is 156 cm³/mol. The Morgan fingerprint density at radius 1 is 0.950 bits per heavy atom. The van der Waals surface area contributed by atoms with Crippen molar-refractivity contribution in [3.63, 3.8) is 0 Å². The van der Waals surface area contributed by atoms with Gasteiger partial charge in [-0.3, -0.25) is 14.5 Å². The number of ether oxygens (including phenoxy) is 3. The molecular weight excluding hydrogens is 530 g/mol. The Hall–Kier alpha value is -4.31. The van der Waals surface area contributed by atoms with Crippen molar-refractivity contribution in [1.82, 2.24) is 4.90 Å². The third kappa shape index (κ3) is 7.41. The minimum absolute atomic E-state index is 0.0378. The van der Waals surface area contributed by atoms with Crippen LogP contribution in [0.25, 0.3) is 0 Å². The molecule has 0 saturated carbocycles. The fourth-order valence-corrected chi connectivity index (χ4v) is 5.11. The smallest absolute Gasteiger partial charge is 0.338 e. The minimum atomic E-state index is -0.663. The van der Waals surface area contributed by atoms with Crippen LogP contribution in [0.3, 0.4) is 0 Å². The molecule has 0 radical (unpaired) electrons. The molecule has 1 fully saturated rings. The van der Waals surface area contributed by atoms with Crippen molar-refractivity contribution in [3.8, 4) is 11.5 Å². The van der Waals surface area contributed by atoms with E-state index < -0.39 is 11.2 Å². The van der Waals surface area contributed by atoms with Crippen LogP contribution in [0.1, 0.15) is 29.3 Å². The third-order valence-electron chi connectivity index (χ3n) is 6.18. The van der Waals surface area contributed by atoms with Crippen LogP contribution in [0, 0.1) is 0 Å². The van der Waals surface area contributed by atoms with Crippen LogP contribution in [0.15, 0.2) is 77.8 Å². The summed E-state index contributed by atoms with van der Waals surface area (Å²) in [5, 5.41) is 2.64. The molecule has 0 aromatic heterocycles. The molecule has 3 aromatic carbocycles. The first-order valence-electron chi connectivity index (χ1n) is 12.8. The average Bonchev–Trinajstić information content (AvgIpc) is 2.97. The van der Waals surface area contributed by atoms with Crippen LogP contribution in [-0.2, 0) is 20.7 Å². The number of hydrogen-bond donors (Lipinski definition) is 1. The van der Waals surface area contributed by atoms with Gasteiger partial charge in [-0.15, -0.1) is 0 Å². The number of nitrogens with one attached hydrogen (secondary N) is 1. The number of nitrogens with zero attached hydrogens (tertiary/aromatic N) is 2. The SMILES string of the molecule is CCOC(=O)c1ccc(N=C2SC(C(=O)Nc3ccc(OC)cc3)CC(=O)N2CCc2ccc(OC)cc2)cc1. The summed E-state index contributed by atoms with van der Waals surface area (Å²) in [5.41, 5.74) is 2.60. The van der Waals surface area contributed by atoms with Crippen molar-refractivity contribution >= 4 is 46.1 Å². The molecule has 9 nitrogen and oxygen atoms in total. The summed E-state index contributed by atoms with van der Waals surface area (Å²) in [5.74, 6) is 0.539. The number of esters is 1. The van der Waals surface area contributed by atoms with Gasteiger partial charge in [0, 0.05) is 18.7 Å². The molecule has 1 heterocycles. The zero-order valence-electron chi connectivity index (χ0n) is 22.6. The highest BCUT2D eigenvalue weighted by molar-refractivity contribution is 8.15. The maximum absolute atomic E-state index is 13.3. The van der Waals surface area contributed by atoms with E-state index in [1.807, 2.05) is 24.3 Å². The molecular formula is C30H31N3O6S. The molecule has 1 aliphatic heterocycles. The molecule has 1 N–H and O–H groups in total. The van der Waals surface area contributed by atoms with Gasteiger partial charge >= 0.3 is 5.97 Å². The summed E-state index contributed by atoms with van der Waals surface area (Å²) in [7, 11) is 3.19. The normalized spacial score (nSPS) is 16.0. The lowest BCUT2D eigenvalue weighted by atomic mass is 10.1. The average molecular weight is 562 g/mol. The Labute approximate surface area is 237 Å². The van der Waals surface area contributed by atoms with Gasteiger partial charge in [0.1, 0.15) is 16.7 Å². The van der Waals surface area contributed by atoms with Gasteiger partial charge in [-0.2, -0.15) is 0 Å². The van der Waals surface area contributed by atoms with Crippen LogP contribution in [-0.4, -0.2) is 60.5 Å². The molecule has 1 aliphatic rings. The van der Waals surface area contributed by atoms with Crippen molar-refractivity contribution < 1.29 is 28.6 Å². The first kappa shape index (κ1) is 28.7. The summed E-state index contributed by atoms with van der Waals surface area (Å²) in [4.78, 5) is 44.8. The van der Waals surface area contributed by atoms with E-state index in [1.165, 1.54) is 11.8 Å². The first-order valence-corrected chi connectivity index (χ1v) is 13.7. The molecule has 4 rings (SSSR count). The molecule has 1 unspecified atom stereocenters. The largest absolute Gasteiger partial charge is 0.497 e. The molecule has 0 bridgehead atoms. The second kappa shape index (κ2) is 13.7. The summed E-state index contributed by atoms with van der Waals surface area (Å²) in [6.45, 7) is 2.42.